The van der Waals surface area contributed by atoms with Crippen molar-refractivity contribution in [2.45, 2.75) is 53.9 Å². The molecule has 0 heterocycles. The molecule has 5 heteroatoms. The zero-order valence-electron chi connectivity index (χ0n) is 23.5. The lowest BCUT2D eigenvalue weighted by atomic mass is 10.2. The second kappa shape index (κ2) is 10.7. The quantitative estimate of drug-likeness (QED) is 0.214. The van der Waals surface area contributed by atoms with Gasteiger partial charge < -0.3 is 13.2 Å². The SMILES string of the molecule is Cc1ccc(N(c2ccc(C)cc2)[Si](C)(C)O[Si](C)(C)N(c2ccc(C)cc2)c2ccc(C)cc2)cc1. The van der Waals surface area contributed by atoms with Gasteiger partial charge in [-0.25, -0.2) is 0 Å². The predicted octanol–water partition coefficient (Wildman–Crippen LogP) is 9.32. The van der Waals surface area contributed by atoms with Crippen molar-refractivity contribution < 1.29 is 4.12 Å². The first-order valence-electron chi connectivity index (χ1n) is 13.0. The Morgan fingerprint density at radius 3 is 0.757 bits per heavy atom. The van der Waals surface area contributed by atoms with E-state index < -0.39 is 17.0 Å². The van der Waals surface area contributed by atoms with Gasteiger partial charge in [-0.2, -0.15) is 0 Å². The lowest BCUT2D eigenvalue weighted by Gasteiger charge is -2.47. The summed E-state index contributed by atoms with van der Waals surface area (Å²) in [6, 6.07) is 35.3. The lowest BCUT2D eigenvalue weighted by Crippen LogP contribution is -2.61. The van der Waals surface area contributed by atoms with E-state index in [1.165, 1.54) is 45.0 Å². The van der Waals surface area contributed by atoms with Gasteiger partial charge in [0.1, 0.15) is 0 Å². The average molecular weight is 525 g/mol. The maximum absolute atomic E-state index is 7.42. The van der Waals surface area contributed by atoms with Crippen molar-refractivity contribution in [1.29, 1.82) is 0 Å². The van der Waals surface area contributed by atoms with Crippen molar-refractivity contribution in [1.82, 2.24) is 0 Å². The molecular weight excluding hydrogens is 485 g/mol. The molecule has 0 aliphatic rings. The van der Waals surface area contributed by atoms with Crippen LogP contribution in [0.25, 0.3) is 0 Å². The second-order valence-electron chi connectivity index (χ2n) is 11.0. The number of hydrogen-bond donors (Lipinski definition) is 0. The fourth-order valence-electron chi connectivity index (χ4n) is 5.02. The molecule has 0 aliphatic heterocycles. The molecule has 0 radical (unpaired) electrons. The molecule has 0 bridgehead atoms. The summed E-state index contributed by atoms with van der Waals surface area (Å²) in [4.78, 5) is 0. The summed E-state index contributed by atoms with van der Waals surface area (Å²) in [7, 11) is -4.96. The molecule has 0 aromatic heterocycles. The van der Waals surface area contributed by atoms with Crippen LogP contribution < -0.4 is 9.13 Å². The lowest BCUT2D eigenvalue weighted by molar-refractivity contribution is 0.541. The highest BCUT2D eigenvalue weighted by Gasteiger charge is 2.44. The van der Waals surface area contributed by atoms with E-state index in [0.717, 1.165) is 0 Å². The normalized spacial score (nSPS) is 11.9. The van der Waals surface area contributed by atoms with Gasteiger partial charge in [0.05, 0.1) is 0 Å². The van der Waals surface area contributed by atoms with Gasteiger partial charge in [-0.1, -0.05) is 70.8 Å². The molecule has 192 valence electrons. The number of benzene rings is 4. The molecule has 0 aliphatic carbocycles. The van der Waals surface area contributed by atoms with Crippen LogP contribution in [0, 0.1) is 27.7 Å². The van der Waals surface area contributed by atoms with Crippen LogP contribution in [0.1, 0.15) is 22.3 Å². The molecule has 37 heavy (non-hydrogen) atoms. The Kier molecular flexibility index (Phi) is 7.78. The summed E-state index contributed by atoms with van der Waals surface area (Å²) in [5.74, 6) is 0. The van der Waals surface area contributed by atoms with Gasteiger partial charge in [0.15, 0.2) is 0 Å². The van der Waals surface area contributed by atoms with Gasteiger partial charge in [-0.3, -0.25) is 0 Å². The molecule has 3 nitrogen and oxygen atoms in total. The number of anilines is 4. The van der Waals surface area contributed by atoms with Crippen molar-refractivity contribution >= 4 is 39.7 Å². The van der Waals surface area contributed by atoms with Crippen LogP contribution in [-0.2, 0) is 4.12 Å². The van der Waals surface area contributed by atoms with Crippen molar-refractivity contribution in [2.75, 3.05) is 9.13 Å². The molecule has 4 aromatic carbocycles. The van der Waals surface area contributed by atoms with Crippen LogP contribution >= 0.6 is 0 Å². The highest BCUT2D eigenvalue weighted by molar-refractivity contribution is 6.89. The molecular formula is C32H40N2OSi2. The van der Waals surface area contributed by atoms with Gasteiger partial charge in [-0.15, -0.1) is 0 Å². The van der Waals surface area contributed by atoms with Crippen LogP contribution in [0.15, 0.2) is 97.1 Å². The molecule has 0 saturated heterocycles. The van der Waals surface area contributed by atoms with Crippen LogP contribution in [0.5, 0.6) is 0 Å². The Morgan fingerprint density at radius 1 is 0.378 bits per heavy atom. The largest absolute Gasteiger partial charge is 0.424 e. The molecule has 0 unspecified atom stereocenters. The van der Waals surface area contributed by atoms with E-state index in [2.05, 4.69) is 160 Å². The number of hydrogen-bond acceptors (Lipinski definition) is 3. The van der Waals surface area contributed by atoms with E-state index in [1.807, 2.05) is 0 Å². The Labute approximate surface area is 225 Å². The van der Waals surface area contributed by atoms with Crippen molar-refractivity contribution in [3.63, 3.8) is 0 Å². The van der Waals surface area contributed by atoms with Gasteiger partial charge >= 0.3 is 0 Å². The van der Waals surface area contributed by atoms with E-state index in [0.29, 0.717) is 0 Å². The van der Waals surface area contributed by atoms with E-state index in [4.69, 9.17) is 4.12 Å². The molecule has 0 spiro atoms. The summed E-state index contributed by atoms with van der Waals surface area (Å²) in [5.41, 5.74) is 9.73. The molecule has 4 aromatic rings. The summed E-state index contributed by atoms with van der Waals surface area (Å²) < 4.78 is 12.3. The summed E-state index contributed by atoms with van der Waals surface area (Å²) in [6.07, 6.45) is 0. The Morgan fingerprint density at radius 2 is 0.568 bits per heavy atom. The number of rotatable bonds is 8. The number of aryl methyl sites for hydroxylation is 4. The molecule has 0 fully saturated rings. The molecule has 0 saturated carbocycles. The highest BCUT2D eigenvalue weighted by atomic mass is 28.4. The molecule has 0 amide bonds. The van der Waals surface area contributed by atoms with E-state index in [-0.39, 0.29) is 0 Å². The van der Waals surface area contributed by atoms with Gasteiger partial charge in [0.25, 0.3) is 17.0 Å². The second-order valence-corrected chi connectivity index (χ2v) is 18.5. The third-order valence-electron chi connectivity index (χ3n) is 6.75. The fraction of sp³-hybridized carbons (Fsp3) is 0.250. The summed E-state index contributed by atoms with van der Waals surface area (Å²) >= 11 is 0. The predicted molar refractivity (Wildman–Crippen MR) is 165 cm³/mol. The van der Waals surface area contributed by atoms with Gasteiger partial charge in [0, 0.05) is 22.7 Å². The smallest absolute Gasteiger partial charge is 0.289 e. The molecule has 4 rings (SSSR count). The van der Waals surface area contributed by atoms with Crippen LogP contribution in [0.2, 0.25) is 26.2 Å². The van der Waals surface area contributed by atoms with Gasteiger partial charge in [-0.05, 0) is 102 Å². The third-order valence-corrected chi connectivity index (χ3v) is 13.9. The Hall–Kier alpha value is -3.13. The van der Waals surface area contributed by atoms with Gasteiger partial charge in [0.2, 0.25) is 0 Å². The summed E-state index contributed by atoms with van der Waals surface area (Å²) in [6.45, 7) is 17.8. The monoisotopic (exact) mass is 524 g/mol. The standard InChI is InChI=1S/C32H40N2OSi2/c1-25-9-17-29(18-10-25)33(30-19-11-26(2)12-20-30)36(5,6)35-37(7,8)34(31-21-13-27(3)14-22-31)32-23-15-28(4)16-24-32/h9-24H,1-8H3. The van der Waals surface area contributed by atoms with Crippen molar-refractivity contribution in [2.24, 2.45) is 0 Å². The maximum atomic E-state index is 7.42. The molecule has 0 atom stereocenters. The fourth-order valence-corrected chi connectivity index (χ4v) is 13.7. The van der Waals surface area contributed by atoms with Crippen molar-refractivity contribution in [3.05, 3.63) is 119 Å². The molecule has 0 N–H and O–H groups in total. The highest BCUT2D eigenvalue weighted by Crippen LogP contribution is 2.38. The minimum Gasteiger partial charge on any atom is -0.424 e. The Bertz CT molecular complexity index is 1120. The first-order valence-corrected chi connectivity index (χ1v) is 18.7. The van der Waals surface area contributed by atoms with E-state index in [9.17, 15) is 0 Å². The summed E-state index contributed by atoms with van der Waals surface area (Å²) in [5, 5.41) is 0. The van der Waals surface area contributed by atoms with Crippen molar-refractivity contribution in [3.8, 4) is 0 Å². The zero-order chi connectivity index (χ0) is 26.8. The third kappa shape index (κ3) is 6.24. The first kappa shape index (κ1) is 26.9. The Balaban J connectivity index is 1.79. The first-order chi connectivity index (χ1) is 17.5. The topological polar surface area (TPSA) is 15.7 Å². The number of nitrogens with zero attached hydrogens (tertiary/aromatic N) is 2. The maximum Gasteiger partial charge on any atom is 0.289 e. The van der Waals surface area contributed by atoms with Crippen LogP contribution in [-0.4, -0.2) is 17.0 Å². The minimum absolute atomic E-state index is 1.17. The van der Waals surface area contributed by atoms with Crippen LogP contribution in [0.4, 0.5) is 22.7 Å². The van der Waals surface area contributed by atoms with E-state index >= 15 is 0 Å². The minimum atomic E-state index is -2.48. The zero-order valence-corrected chi connectivity index (χ0v) is 25.5. The van der Waals surface area contributed by atoms with E-state index in [1.54, 1.807) is 0 Å². The average Bonchev–Trinajstić information content (AvgIpc) is 2.83. The van der Waals surface area contributed by atoms with Crippen LogP contribution in [0.3, 0.4) is 0 Å².